The van der Waals surface area contributed by atoms with Crippen LogP contribution in [0.5, 0.6) is 11.5 Å². The number of benzene rings is 3. The summed E-state index contributed by atoms with van der Waals surface area (Å²) in [5.74, 6) is 2.30. The van der Waals surface area contributed by atoms with Crippen LogP contribution in [-0.2, 0) is 19.5 Å². The molecule has 0 spiro atoms. The molecule has 5 rings (SSSR count). The monoisotopic (exact) mass is 441 g/mol. The molecule has 0 amide bonds. The van der Waals surface area contributed by atoms with E-state index in [1.807, 2.05) is 35.0 Å². The summed E-state index contributed by atoms with van der Waals surface area (Å²) in [6.07, 6.45) is 0.978. The molecule has 0 bridgehead atoms. The summed E-state index contributed by atoms with van der Waals surface area (Å²) in [5.41, 5.74) is 4.90. The molecule has 0 N–H and O–H groups in total. The van der Waals surface area contributed by atoms with E-state index in [1.165, 1.54) is 11.1 Å². The molecule has 0 aliphatic carbocycles. The molecule has 0 saturated carbocycles. The Balaban J connectivity index is 1.58. The minimum atomic E-state index is -0.169. The highest BCUT2D eigenvalue weighted by Gasteiger charge is 2.32. The predicted molar refractivity (Wildman–Crippen MR) is 125 cm³/mol. The van der Waals surface area contributed by atoms with Gasteiger partial charge in [-0.15, -0.1) is 5.10 Å². The molecule has 1 aliphatic heterocycles. The molecule has 1 aromatic heterocycles. The third-order valence-corrected chi connectivity index (χ3v) is 6.24. The highest BCUT2D eigenvalue weighted by atomic mass is 16.5. The van der Waals surface area contributed by atoms with E-state index < -0.39 is 0 Å². The fraction of sp³-hybridized carbons (Fsp3) is 0.269. The molecule has 1 atom stereocenters. The maximum Gasteiger partial charge on any atom is 0.173 e. The molecule has 7 heteroatoms. The van der Waals surface area contributed by atoms with E-state index in [9.17, 15) is 0 Å². The summed E-state index contributed by atoms with van der Waals surface area (Å²) in [5, 5.41) is 12.9. The second-order valence-electron chi connectivity index (χ2n) is 8.18. The highest BCUT2D eigenvalue weighted by molar-refractivity contribution is 5.45. The van der Waals surface area contributed by atoms with Crippen molar-refractivity contribution in [2.75, 3.05) is 20.8 Å². The largest absolute Gasteiger partial charge is 0.497 e. The second kappa shape index (κ2) is 9.42. The normalized spacial score (nSPS) is 14.5. The Morgan fingerprint density at radius 3 is 2.48 bits per heavy atom. The molecule has 2 heterocycles. The van der Waals surface area contributed by atoms with Gasteiger partial charge >= 0.3 is 0 Å². The van der Waals surface area contributed by atoms with Gasteiger partial charge in [-0.3, -0.25) is 4.90 Å². The lowest BCUT2D eigenvalue weighted by atomic mass is 9.95. The SMILES string of the molecule is COc1ccc([C@@H](c2nnnn2Cc2ccccc2)N2CCc3ccccc3C2)c(OC)c1. The molecule has 1 aliphatic rings. The van der Waals surface area contributed by atoms with Gasteiger partial charge in [0.1, 0.15) is 17.5 Å². The van der Waals surface area contributed by atoms with Crippen molar-refractivity contribution in [2.45, 2.75) is 25.6 Å². The van der Waals surface area contributed by atoms with Crippen molar-refractivity contribution in [1.29, 1.82) is 0 Å². The van der Waals surface area contributed by atoms with Crippen LogP contribution in [0.3, 0.4) is 0 Å². The summed E-state index contributed by atoms with van der Waals surface area (Å²) in [6.45, 7) is 2.31. The van der Waals surface area contributed by atoms with Gasteiger partial charge in [0.15, 0.2) is 5.82 Å². The molecule has 33 heavy (non-hydrogen) atoms. The molecule has 0 unspecified atom stereocenters. The van der Waals surface area contributed by atoms with Gasteiger partial charge in [0.25, 0.3) is 0 Å². The number of fused-ring (bicyclic) bond motifs is 1. The van der Waals surface area contributed by atoms with Crippen LogP contribution in [-0.4, -0.2) is 45.9 Å². The van der Waals surface area contributed by atoms with Gasteiger partial charge in [-0.05, 0) is 45.7 Å². The molecular weight excluding hydrogens is 414 g/mol. The first-order chi connectivity index (χ1) is 16.3. The van der Waals surface area contributed by atoms with Gasteiger partial charge in [0, 0.05) is 24.7 Å². The van der Waals surface area contributed by atoms with E-state index in [1.54, 1.807) is 14.2 Å². The van der Waals surface area contributed by atoms with Gasteiger partial charge in [-0.1, -0.05) is 54.6 Å². The zero-order valence-corrected chi connectivity index (χ0v) is 18.9. The maximum absolute atomic E-state index is 5.80. The zero-order chi connectivity index (χ0) is 22.6. The first-order valence-electron chi connectivity index (χ1n) is 11.1. The number of rotatable bonds is 7. The Labute approximate surface area is 193 Å². The van der Waals surface area contributed by atoms with E-state index in [2.05, 4.69) is 62.9 Å². The van der Waals surface area contributed by atoms with Crippen LogP contribution in [0.15, 0.2) is 72.8 Å². The van der Waals surface area contributed by atoms with E-state index in [0.29, 0.717) is 6.54 Å². The van der Waals surface area contributed by atoms with Crippen LogP contribution in [0, 0.1) is 0 Å². The quantitative estimate of drug-likeness (QED) is 0.434. The Kier molecular flexibility index (Phi) is 6.04. The Bertz CT molecular complexity index is 1220. The molecule has 0 radical (unpaired) electrons. The van der Waals surface area contributed by atoms with Gasteiger partial charge in [-0.2, -0.15) is 0 Å². The van der Waals surface area contributed by atoms with E-state index in [4.69, 9.17) is 9.47 Å². The molecular formula is C26H27N5O2. The first kappa shape index (κ1) is 21.2. The molecule has 0 saturated heterocycles. The Morgan fingerprint density at radius 1 is 0.909 bits per heavy atom. The average molecular weight is 442 g/mol. The van der Waals surface area contributed by atoms with Crippen LogP contribution in [0.4, 0.5) is 0 Å². The van der Waals surface area contributed by atoms with Gasteiger partial charge in [-0.25, -0.2) is 4.68 Å². The minimum Gasteiger partial charge on any atom is -0.497 e. The van der Waals surface area contributed by atoms with E-state index in [-0.39, 0.29) is 6.04 Å². The second-order valence-corrected chi connectivity index (χ2v) is 8.18. The van der Waals surface area contributed by atoms with Crippen molar-refractivity contribution in [1.82, 2.24) is 25.1 Å². The van der Waals surface area contributed by atoms with Crippen molar-refractivity contribution < 1.29 is 9.47 Å². The third kappa shape index (κ3) is 4.32. The number of aromatic nitrogens is 4. The summed E-state index contributed by atoms with van der Waals surface area (Å²) >= 11 is 0. The van der Waals surface area contributed by atoms with E-state index >= 15 is 0 Å². The lowest BCUT2D eigenvalue weighted by Crippen LogP contribution is -2.36. The minimum absolute atomic E-state index is 0.169. The standard InChI is InChI=1S/C26H27N5O2/c1-32-22-12-13-23(24(16-22)33-2)25(30-15-14-20-10-6-7-11-21(20)18-30)26-27-28-29-31(26)17-19-8-4-3-5-9-19/h3-13,16,25H,14-15,17-18H2,1-2H3/t25-/m0/s1. The fourth-order valence-electron chi connectivity index (χ4n) is 4.56. The van der Waals surface area contributed by atoms with Crippen LogP contribution in [0.25, 0.3) is 0 Å². The first-order valence-corrected chi connectivity index (χ1v) is 11.1. The lowest BCUT2D eigenvalue weighted by Gasteiger charge is -2.35. The topological polar surface area (TPSA) is 65.3 Å². The number of hydrogen-bond acceptors (Lipinski definition) is 6. The lowest BCUT2D eigenvalue weighted by molar-refractivity contribution is 0.191. The molecule has 7 nitrogen and oxygen atoms in total. The number of methoxy groups -OCH3 is 2. The van der Waals surface area contributed by atoms with Gasteiger partial charge in [0.05, 0.1) is 20.8 Å². The molecule has 168 valence electrons. The van der Waals surface area contributed by atoms with Gasteiger partial charge in [0.2, 0.25) is 0 Å². The van der Waals surface area contributed by atoms with Crippen molar-refractivity contribution in [3.63, 3.8) is 0 Å². The Morgan fingerprint density at radius 2 is 1.70 bits per heavy atom. The van der Waals surface area contributed by atoms with Crippen LogP contribution in [0.1, 0.15) is 34.1 Å². The van der Waals surface area contributed by atoms with Crippen LogP contribution < -0.4 is 9.47 Å². The summed E-state index contributed by atoms with van der Waals surface area (Å²) < 4.78 is 13.1. The number of ether oxygens (including phenoxy) is 2. The molecule has 3 aromatic carbocycles. The smallest absolute Gasteiger partial charge is 0.173 e. The number of hydrogen-bond donors (Lipinski definition) is 0. The number of nitrogens with zero attached hydrogens (tertiary/aromatic N) is 5. The van der Waals surface area contributed by atoms with Crippen molar-refractivity contribution >= 4 is 0 Å². The summed E-state index contributed by atoms with van der Waals surface area (Å²) in [4.78, 5) is 2.43. The van der Waals surface area contributed by atoms with Crippen molar-refractivity contribution in [3.8, 4) is 11.5 Å². The fourth-order valence-corrected chi connectivity index (χ4v) is 4.56. The van der Waals surface area contributed by atoms with Crippen LogP contribution >= 0.6 is 0 Å². The van der Waals surface area contributed by atoms with Gasteiger partial charge < -0.3 is 9.47 Å². The Hall–Kier alpha value is -3.71. The highest BCUT2D eigenvalue weighted by Crippen LogP contribution is 2.38. The third-order valence-electron chi connectivity index (χ3n) is 6.24. The summed E-state index contributed by atoms with van der Waals surface area (Å²) in [6, 6.07) is 24.7. The molecule has 4 aromatic rings. The summed E-state index contributed by atoms with van der Waals surface area (Å²) in [7, 11) is 3.35. The maximum atomic E-state index is 5.80. The van der Waals surface area contributed by atoms with Crippen molar-refractivity contribution in [3.05, 3.63) is 101 Å². The molecule has 0 fully saturated rings. The van der Waals surface area contributed by atoms with Crippen LogP contribution in [0.2, 0.25) is 0 Å². The number of tetrazole rings is 1. The van der Waals surface area contributed by atoms with E-state index in [0.717, 1.165) is 48.0 Å². The van der Waals surface area contributed by atoms with Crippen molar-refractivity contribution in [2.24, 2.45) is 0 Å². The zero-order valence-electron chi connectivity index (χ0n) is 18.9. The average Bonchev–Trinajstić information content (AvgIpc) is 3.32. The predicted octanol–water partition coefficient (Wildman–Crippen LogP) is 3.89.